The van der Waals surface area contributed by atoms with Crippen LogP contribution in [0, 0.1) is 18.4 Å². The summed E-state index contributed by atoms with van der Waals surface area (Å²) in [7, 11) is 1.79. The second-order valence-corrected chi connectivity index (χ2v) is 11.2. The van der Waals surface area contributed by atoms with Gasteiger partial charge in [-0.15, -0.1) is 0 Å². The molecule has 0 spiro atoms. The maximum Gasteiger partial charge on any atom is 0.244 e. The van der Waals surface area contributed by atoms with Crippen LogP contribution < -0.4 is 0 Å². The number of fused-ring (bicyclic) bond motifs is 2. The topological polar surface area (TPSA) is 101 Å². The summed E-state index contributed by atoms with van der Waals surface area (Å²) in [5, 5.41) is 6.28. The molecule has 4 heterocycles. The molecular formula is C28H27BrN8O2. The van der Waals surface area contributed by atoms with E-state index in [9.17, 15) is 9.59 Å². The minimum absolute atomic E-state index is 0.000170. The van der Waals surface area contributed by atoms with Gasteiger partial charge in [-0.2, -0.15) is 5.10 Å². The van der Waals surface area contributed by atoms with E-state index in [-0.39, 0.29) is 23.7 Å². The number of nitrogens with zero attached hydrogens (tertiary/aromatic N) is 8. The summed E-state index contributed by atoms with van der Waals surface area (Å²) >= 11 is 3.53. The average Bonchev–Trinajstić information content (AvgIpc) is 3.55. The quantitative estimate of drug-likeness (QED) is 0.330. The van der Waals surface area contributed by atoms with E-state index >= 15 is 0 Å². The first kappa shape index (κ1) is 25.4. The molecule has 39 heavy (non-hydrogen) atoms. The van der Waals surface area contributed by atoms with Gasteiger partial charge in [0.15, 0.2) is 5.65 Å². The molecule has 0 N–H and O–H groups in total. The number of carbonyl (C=O) groups is 2. The number of likely N-dealkylation sites (N-methyl/N-ethyl adjacent to an activating group) is 1. The van der Waals surface area contributed by atoms with Gasteiger partial charge in [0.05, 0.1) is 23.2 Å². The molecule has 1 aliphatic heterocycles. The van der Waals surface area contributed by atoms with Gasteiger partial charge in [0.1, 0.15) is 16.5 Å². The third-order valence-electron chi connectivity index (χ3n) is 7.99. The van der Waals surface area contributed by atoms with Crippen molar-refractivity contribution in [1.82, 2.24) is 34.5 Å². The minimum atomic E-state index is -0.408. The van der Waals surface area contributed by atoms with Crippen LogP contribution >= 0.6 is 15.9 Å². The van der Waals surface area contributed by atoms with Crippen LogP contribution in [0.5, 0.6) is 0 Å². The first-order chi connectivity index (χ1) is 18.8. The van der Waals surface area contributed by atoms with Gasteiger partial charge < -0.3 is 9.80 Å². The Balaban J connectivity index is 1.24. The zero-order chi connectivity index (χ0) is 27.3. The standard InChI is InChI=1S/C28H27BrN8O2/c1-16-27(38)35(3)9-10-36(16)28(39)19-7-6-17(11-19)12-23-32-15-21-25(29)34-37(26(21)33-23)20-13-18-5-4-8-31-24(18)22(14-20)30-2/h4-5,8,13-17,19H,6-7,9-12H2,1,3H3/t16-,17+,19+/m0/s1. The Morgan fingerprint density at radius 3 is 2.90 bits per heavy atom. The van der Waals surface area contributed by atoms with Gasteiger partial charge in [0.2, 0.25) is 17.5 Å². The summed E-state index contributed by atoms with van der Waals surface area (Å²) in [6.07, 6.45) is 6.62. The van der Waals surface area contributed by atoms with Crippen LogP contribution in [0.2, 0.25) is 0 Å². The highest BCUT2D eigenvalue weighted by Crippen LogP contribution is 2.36. The smallest absolute Gasteiger partial charge is 0.244 e. The Morgan fingerprint density at radius 2 is 2.08 bits per heavy atom. The van der Waals surface area contributed by atoms with Crippen molar-refractivity contribution in [3.05, 3.63) is 58.5 Å². The Morgan fingerprint density at radius 1 is 1.23 bits per heavy atom. The van der Waals surface area contributed by atoms with Crippen molar-refractivity contribution in [2.75, 3.05) is 20.1 Å². The zero-order valence-corrected chi connectivity index (χ0v) is 23.3. The van der Waals surface area contributed by atoms with Crippen LogP contribution in [-0.2, 0) is 16.0 Å². The molecule has 10 nitrogen and oxygen atoms in total. The predicted molar refractivity (Wildman–Crippen MR) is 149 cm³/mol. The Labute approximate surface area is 234 Å². The van der Waals surface area contributed by atoms with Gasteiger partial charge in [-0.05, 0) is 71.6 Å². The van der Waals surface area contributed by atoms with Crippen LogP contribution in [0.3, 0.4) is 0 Å². The first-order valence-electron chi connectivity index (χ1n) is 13.1. The van der Waals surface area contributed by atoms with E-state index in [4.69, 9.17) is 11.6 Å². The summed E-state index contributed by atoms with van der Waals surface area (Å²) in [6, 6.07) is 7.10. The van der Waals surface area contributed by atoms with Gasteiger partial charge in [0.25, 0.3) is 0 Å². The molecule has 1 aromatic carbocycles. The Hall–Kier alpha value is -3.91. The highest BCUT2D eigenvalue weighted by molar-refractivity contribution is 9.10. The number of rotatable bonds is 4. The van der Waals surface area contributed by atoms with Crippen molar-refractivity contribution in [2.24, 2.45) is 11.8 Å². The first-order valence-corrected chi connectivity index (χ1v) is 13.9. The highest BCUT2D eigenvalue weighted by Gasteiger charge is 2.38. The third kappa shape index (κ3) is 4.52. The van der Waals surface area contributed by atoms with Gasteiger partial charge in [-0.3, -0.25) is 14.6 Å². The number of benzene rings is 1. The summed E-state index contributed by atoms with van der Waals surface area (Å²) in [5.41, 5.74) is 2.49. The molecule has 198 valence electrons. The van der Waals surface area contributed by atoms with E-state index < -0.39 is 6.04 Å². The molecule has 3 atom stereocenters. The number of hydrogen-bond acceptors (Lipinski definition) is 6. The van der Waals surface area contributed by atoms with E-state index in [0.29, 0.717) is 46.8 Å². The molecule has 0 radical (unpaired) electrons. The number of halogens is 1. The molecule has 3 aromatic heterocycles. The summed E-state index contributed by atoms with van der Waals surface area (Å²) in [6.45, 7) is 10.6. The fraction of sp³-hybridized carbons (Fsp3) is 0.393. The molecule has 2 fully saturated rings. The number of hydrogen-bond donors (Lipinski definition) is 0. The van der Waals surface area contributed by atoms with Crippen LogP contribution in [0.15, 0.2) is 41.3 Å². The SMILES string of the molecule is [C-]#[N+]c1cc(-n2nc(Br)c3cnc(C[C@@H]4CC[C@@H](C(=O)N5CCN(C)C(=O)[C@@H]5C)C4)nc32)cc2cccnc12. The van der Waals surface area contributed by atoms with Crippen molar-refractivity contribution in [2.45, 2.75) is 38.6 Å². The number of amides is 2. The monoisotopic (exact) mass is 586 g/mol. The molecular weight excluding hydrogens is 560 g/mol. The lowest BCUT2D eigenvalue weighted by atomic mass is 9.99. The minimum Gasteiger partial charge on any atom is -0.342 e. The van der Waals surface area contributed by atoms with Gasteiger partial charge in [0, 0.05) is 44.9 Å². The van der Waals surface area contributed by atoms with E-state index in [1.165, 1.54) is 0 Å². The normalized spacial score (nSPS) is 21.6. The van der Waals surface area contributed by atoms with Crippen LogP contribution in [0.1, 0.15) is 32.0 Å². The molecule has 2 aliphatic rings. The summed E-state index contributed by atoms with van der Waals surface area (Å²) in [5.74, 6) is 1.00. The van der Waals surface area contributed by atoms with Crippen molar-refractivity contribution in [1.29, 1.82) is 0 Å². The predicted octanol–water partition coefficient (Wildman–Crippen LogP) is 4.32. The number of pyridine rings is 1. The molecule has 0 bridgehead atoms. The van der Waals surface area contributed by atoms with Gasteiger partial charge in [-0.1, -0.05) is 6.07 Å². The maximum absolute atomic E-state index is 13.3. The van der Waals surface area contributed by atoms with Crippen molar-refractivity contribution in [3.8, 4) is 5.69 Å². The van der Waals surface area contributed by atoms with E-state index in [0.717, 1.165) is 35.7 Å². The molecule has 0 unspecified atom stereocenters. The summed E-state index contributed by atoms with van der Waals surface area (Å²) in [4.78, 5) is 46.6. The largest absolute Gasteiger partial charge is 0.342 e. The molecule has 1 saturated heterocycles. The average molecular weight is 587 g/mol. The zero-order valence-electron chi connectivity index (χ0n) is 21.7. The maximum atomic E-state index is 13.3. The van der Waals surface area contributed by atoms with Gasteiger partial charge >= 0.3 is 0 Å². The number of piperazine rings is 1. The third-order valence-corrected chi connectivity index (χ3v) is 8.57. The second-order valence-electron chi connectivity index (χ2n) is 10.4. The fourth-order valence-corrected chi connectivity index (χ4v) is 6.28. The lowest BCUT2D eigenvalue weighted by Gasteiger charge is -2.38. The Bertz CT molecular complexity index is 1660. The van der Waals surface area contributed by atoms with Crippen LogP contribution in [0.4, 0.5) is 5.69 Å². The highest BCUT2D eigenvalue weighted by atomic mass is 79.9. The Kier molecular flexibility index (Phi) is 6.51. The molecule has 6 rings (SSSR count). The molecule has 4 aromatic rings. The van der Waals surface area contributed by atoms with Crippen molar-refractivity contribution in [3.63, 3.8) is 0 Å². The lowest BCUT2D eigenvalue weighted by molar-refractivity contribution is -0.151. The second kappa shape index (κ2) is 10.0. The van der Waals surface area contributed by atoms with E-state index in [2.05, 4.69) is 35.8 Å². The van der Waals surface area contributed by atoms with E-state index in [1.54, 1.807) is 40.0 Å². The summed E-state index contributed by atoms with van der Waals surface area (Å²) < 4.78 is 2.36. The molecule has 1 saturated carbocycles. The van der Waals surface area contributed by atoms with E-state index in [1.807, 2.05) is 25.1 Å². The van der Waals surface area contributed by atoms with Crippen molar-refractivity contribution < 1.29 is 9.59 Å². The molecule has 11 heteroatoms. The molecule has 1 aliphatic carbocycles. The lowest BCUT2D eigenvalue weighted by Crippen LogP contribution is -2.57. The van der Waals surface area contributed by atoms with Gasteiger partial charge in [-0.25, -0.2) is 19.5 Å². The van der Waals surface area contributed by atoms with Crippen molar-refractivity contribution >= 4 is 55.4 Å². The van der Waals surface area contributed by atoms with Crippen LogP contribution in [0.25, 0.3) is 32.5 Å². The number of carbonyl (C=O) groups excluding carboxylic acids is 2. The van der Waals surface area contributed by atoms with Crippen LogP contribution in [-0.4, -0.2) is 72.5 Å². The number of aromatic nitrogens is 5. The molecule has 2 amide bonds. The fourth-order valence-electron chi connectivity index (χ4n) is 5.84.